The molecule has 0 atom stereocenters. The zero-order chi connectivity index (χ0) is 23.0. The highest BCUT2D eigenvalue weighted by molar-refractivity contribution is 5.98. The number of nitrogens with zero attached hydrogens (tertiary/aromatic N) is 1. The quantitative estimate of drug-likeness (QED) is 0.284. The normalized spacial score (nSPS) is 10.2. The van der Waals surface area contributed by atoms with E-state index in [1.54, 1.807) is 18.3 Å². The predicted octanol–water partition coefficient (Wildman–Crippen LogP) is 7.19. The summed E-state index contributed by atoms with van der Waals surface area (Å²) in [5, 5.41) is 2.44. The molecule has 0 aliphatic heterocycles. The molecule has 0 radical (unpaired) electrons. The van der Waals surface area contributed by atoms with Crippen LogP contribution in [0.5, 0.6) is 0 Å². The molecule has 0 N–H and O–H groups in total. The third kappa shape index (κ3) is 4.94. The van der Waals surface area contributed by atoms with E-state index in [2.05, 4.69) is 41.4 Å². The number of aldehydes is 2. The van der Waals surface area contributed by atoms with Crippen molar-refractivity contribution in [1.82, 2.24) is 4.98 Å². The fraction of sp³-hybridized carbons (Fsp3) is 0.0333. The molecule has 1 aromatic heterocycles. The highest BCUT2D eigenvalue weighted by Gasteiger charge is 2.08. The Kier molecular flexibility index (Phi) is 6.81. The minimum atomic E-state index is 0.652. The van der Waals surface area contributed by atoms with Gasteiger partial charge >= 0.3 is 0 Å². The minimum Gasteiger partial charge on any atom is -0.298 e. The Morgan fingerprint density at radius 3 is 2.15 bits per heavy atom. The van der Waals surface area contributed by atoms with E-state index >= 15 is 0 Å². The van der Waals surface area contributed by atoms with Gasteiger partial charge in [-0.25, -0.2) is 0 Å². The van der Waals surface area contributed by atoms with Crippen LogP contribution in [0.3, 0.4) is 0 Å². The van der Waals surface area contributed by atoms with Crippen LogP contribution in [0.4, 0.5) is 0 Å². The number of carbonyl (C=O) groups excluding carboxylic acids is 2. The van der Waals surface area contributed by atoms with E-state index in [1.165, 1.54) is 16.3 Å². The second kappa shape index (κ2) is 10.3. The summed E-state index contributed by atoms with van der Waals surface area (Å²) >= 11 is 0. The summed E-state index contributed by atoms with van der Waals surface area (Å²) < 4.78 is 0. The second-order valence-electron chi connectivity index (χ2n) is 7.62. The average molecular weight is 430 g/mol. The molecule has 4 aromatic carbocycles. The smallest absolute Gasteiger partial charge is 0.150 e. The number of hydrogen-bond acceptors (Lipinski definition) is 3. The lowest BCUT2D eigenvalue weighted by Gasteiger charge is -2.11. The van der Waals surface area contributed by atoms with Crippen LogP contribution in [-0.4, -0.2) is 17.6 Å². The molecule has 0 aliphatic rings. The molecule has 33 heavy (non-hydrogen) atoms. The molecule has 5 rings (SSSR count). The van der Waals surface area contributed by atoms with Crippen LogP contribution in [0.15, 0.2) is 109 Å². The van der Waals surface area contributed by atoms with Gasteiger partial charge in [-0.1, -0.05) is 91.0 Å². The molecule has 3 nitrogen and oxygen atoms in total. The SMILES string of the molecule is Cc1c(C=O)cccc1-c1cccc2ccccc12.O=Cc1ccnc(-c2ccccc2)c1. The maximum atomic E-state index is 11.1. The number of fused-ring (bicyclic) bond motifs is 1. The first-order valence-electron chi connectivity index (χ1n) is 10.7. The molecule has 1 heterocycles. The summed E-state index contributed by atoms with van der Waals surface area (Å²) in [7, 11) is 0. The number of benzene rings is 4. The van der Waals surface area contributed by atoms with Crippen molar-refractivity contribution >= 4 is 23.3 Å². The van der Waals surface area contributed by atoms with Crippen LogP contribution in [0.1, 0.15) is 26.3 Å². The summed E-state index contributed by atoms with van der Waals surface area (Å²) in [5.74, 6) is 0. The molecular weight excluding hydrogens is 406 g/mol. The Morgan fingerprint density at radius 2 is 1.36 bits per heavy atom. The summed E-state index contributed by atoms with van der Waals surface area (Å²) in [6.07, 6.45) is 3.39. The Balaban J connectivity index is 0.000000165. The molecule has 0 aliphatic carbocycles. The molecule has 5 aromatic rings. The Hall–Kier alpha value is -4.37. The molecular formula is C30H23NO2. The lowest BCUT2D eigenvalue weighted by Crippen LogP contribution is -1.91. The zero-order valence-electron chi connectivity index (χ0n) is 18.3. The van der Waals surface area contributed by atoms with Crippen LogP contribution in [-0.2, 0) is 0 Å². The second-order valence-corrected chi connectivity index (χ2v) is 7.62. The summed E-state index contributed by atoms with van der Waals surface area (Å²) in [4.78, 5) is 25.8. The molecule has 0 spiro atoms. The molecule has 3 heteroatoms. The van der Waals surface area contributed by atoms with Crippen molar-refractivity contribution in [3.8, 4) is 22.4 Å². The van der Waals surface area contributed by atoms with Gasteiger partial charge in [0.15, 0.2) is 0 Å². The number of carbonyl (C=O) groups is 2. The Bertz CT molecular complexity index is 1400. The van der Waals surface area contributed by atoms with Crippen LogP contribution in [0, 0.1) is 6.92 Å². The van der Waals surface area contributed by atoms with E-state index < -0.39 is 0 Å². The number of aromatic nitrogens is 1. The molecule has 0 bridgehead atoms. The summed E-state index contributed by atoms with van der Waals surface area (Å²) in [6.45, 7) is 2.00. The molecule has 160 valence electrons. The Labute approximate surface area is 193 Å². The largest absolute Gasteiger partial charge is 0.298 e. The average Bonchev–Trinajstić information content (AvgIpc) is 2.89. The van der Waals surface area contributed by atoms with Crippen LogP contribution < -0.4 is 0 Å². The van der Waals surface area contributed by atoms with Crippen molar-refractivity contribution in [2.45, 2.75) is 6.92 Å². The van der Waals surface area contributed by atoms with Crippen molar-refractivity contribution in [3.63, 3.8) is 0 Å². The van der Waals surface area contributed by atoms with Gasteiger partial charge in [0.05, 0.1) is 5.69 Å². The van der Waals surface area contributed by atoms with Crippen molar-refractivity contribution in [2.24, 2.45) is 0 Å². The van der Waals surface area contributed by atoms with E-state index in [-0.39, 0.29) is 0 Å². The highest BCUT2D eigenvalue weighted by Crippen LogP contribution is 2.31. The van der Waals surface area contributed by atoms with Gasteiger partial charge in [-0.15, -0.1) is 0 Å². The Morgan fingerprint density at radius 1 is 0.667 bits per heavy atom. The highest BCUT2D eigenvalue weighted by atomic mass is 16.1. The first-order chi connectivity index (χ1) is 16.2. The summed E-state index contributed by atoms with van der Waals surface area (Å²) in [5.41, 5.74) is 6.60. The monoisotopic (exact) mass is 429 g/mol. The van der Waals surface area contributed by atoms with Crippen molar-refractivity contribution in [3.05, 3.63) is 126 Å². The fourth-order valence-electron chi connectivity index (χ4n) is 3.82. The fourth-order valence-corrected chi connectivity index (χ4v) is 3.82. The first-order valence-corrected chi connectivity index (χ1v) is 10.7. The van der Waals surface area contributed by atoms with Crippen LogP contribution in [0.25, 0.3) is 33.2 Å². The third-order valence-electron chi connectivity index (χ3n) is 5.57. The van der Waals surface area contributed by atoms with E-state index in [4.69, 9.17) is 0 Å². The maximum Gasteiger partial charge on any atom is 0.150 e. The summed E-state index contributed by atoms with van der Waals surface area (Å²) in [6, 6.07) is 33.7. The minimum absolute atomic E-state index is 0.652. The molecule has 0 unspecified atom stereocenters. The van der Waals surface area contributed by atoms with Crippen molar-refractivity contribution in [2.75, 3.05) is 0 Å². The molecule has 0 saturated heterocycles. The lowest BCUT2D eigenvalue weighted by molar-refractivity contribution is 0.111. The van der Waals surface area contributed by atoms with Gasteiger partial charge in [0.2, 0.25) is 0 Å². The molecule has 0 fully saturated rings. The number of rotatable bonds is 4. The molecule has 0 saturated carbocycles. The number of pyridine rings is 1. The van der Waals surface area contributed by atoms with E-state index in [1.807, 2.05) is 61.5 Å². The molecule has 0 amide bonds. The van der Waals surface area contributed by atoms with Crippen molar-refractivity contribution in [1.29, 1.82) is 0 Å². The van der Waals surface area contributed by atoms with Crippen LogP contribution >= 0.6 is 0 Å². The van der Waals surface area contributed by atoms with Gasteiger partial charge in [0, 0.05) is 22.9 Å². The van der Waals surface area contributed by atoms with E-state index in [0.717, 1.165) is 40.5 Å². The lowest BCUT2D eigenvalue weighted by atomic mass is 9.93. The number of hydrogen-bond donors (Lipinski definition) is 0. The van der Waals surface area contributed by atoms with Gasteiger partial charge in [-0.2, -0.15) is 0 Å². The van der Waals surface area contributed by atoms with E-state index in [0.29, 0.717) is 5.56 Å². The van der Waals surface area contributed by atoms with Gasteiger partial charge in [0.25, 0.3) is 0 Å². The maximum absolute atomic E-state index is 11.1. The van der Waals surface area contributed by atoms with E-state index in [9.17, 15) is 9.59 Å². The van der Waals surface area contributed by atoms with Gasteiger partial charge in [0.1, 0.15) is 12.6 Å². The third-order valence-corrected chi connectivity index (χ3v) is 5.57. The zero-order valence-corrected chi connectivity index (χ0v) is 18.3. The van der Waals surface area contributed by atoms with Crippen LogP contribution in [0.2, 0.25) is 0 Å². The van der Waals surface area contributed by atoms with Crippen molar-refractivity contribution < 1.29 is 9.59 Å². The van der Waals surface area contributed by atoms with Gasteiger partial charge in [-0.3, -0.25) is 14.6 Å². The van der Waals surface area contributed by atoms with Gasteiger partial charge < -0.3 is 0 Å². The standard InChI is InChI=1S/C18H14O.C12H9NO/c1-13-15(12-19)8-5-10-16(13)18-11-4-7-14-6-2-3-9-17(14)18;14-9-10-6-7-13-12(8-10)11-4-2-1-3-5-11/h2-12H,1H3;1-9H. The topological polar surface area (TPSA) is 47.0 Å². The first kappa shape index (κ1) is 21.8. The predicted molar refractivity (Wildman–Crippen MR) is 135 cm³/mol. The van der Waals surface area contributed by atoms with Gasteiger partial charge in [-0.05, 0) is 46.5 Å².